The highest BCUT2D eigenvalue weighted by molar-refractivity contribution is 5.86. The topological polar surface area (TPSA) is 102 Å². The zero-order valence-electron chi connectivity index (χ0n) is 15.2. The van der Waals surface area contributed by atoms with Crippen LogP contribution in [-0.4, -0.2) is 40.4 Å². The summed E-state index contributed by atoms with van der Waals surface area (Å²) in [6.07, 6.45) is -2.09. The number of carbonyl (C=O) groups excluding carboxylic acids is 2. The van der Waals surface area contributed by atoms with Crippen molar-refractivity contribution in [3.8, 4) is 0 Å². The van der Waals surface area contributed by atoms with E-state index in [0.29, 0.717) is 5.56 Å². The molecule has 1 rings (SSSR count). The lowest BCUT2D eigenvalue weighted by atomic mass is 9.86. The van der Waals surface area contributed by atoms with E-state index in [0.717, 1.165) is 0 Å². The van der Waals surface area contributed by atoms with Crippen molar-refractivity contribution >= 4 is 18.0 Å². The third-order valence-electron chi connectivity index (χ3n) is 3.47. The molecule has 1 aromatic rings. The minimum atomic E-state index is -1.87. The van der Waals surface area contributed by atoms with Crippen LogP contribution in [0.5, 0.6) is 0 Å². The number of carboxylic acid groups (broad SMARTS) is 1. The van der Waals surface area contributed by atoms with Gasteiger partial charge in [-0.25, -0.2) is 9.59 Å². The third kappa shape index (κ3) is 6.10. The molecule has 0 aliphatic heterocycles. The Kier molecular flexibility index (Phi) is 6.55. The Balaban J connectivity index is 3.23. The Morgan fingerprint density at radius 1 is 1.16 bits per heavy atom. The van der Waals surface area contributed by atoms with E-state index in [1.165, 1.54) is 13.8 Å². The van der Waals surface area contributed by atoms with Crippen molar-refractivity contribution < 1.29 is 29.0 Å². The van der Waals surface area contributed by atoms with Gasteiger partial charge >= 0.3 is 18.0 Å². The van der Waals surface area contributed by atoms with Gasteiger partial charge in [0.15, 0.2) is 5.54 Å². The maximum Gasteiger partial charge on any atom is 0.408 e. The van der Waals surface area contributed by atoms with Crippen molar-refractivity contribution in [1.29, 1.82) is 0 Å². The second-order valence-electron chi connectivity index (χ2n) is 6.82. The summed E-state index contributed by atoms with van der Waals surface area (Å²) in [7, 11) is 0. The highest BCUT2D eigenvalue weighted by Gasteiger charge is 2.48. The van der Waals surface area contributed by atoms with Crippen LogP contribution in [0.25, 0.3) is 0 Å². The lowest BCUT2D eigenvalue weighted by molar-refractivity contribution is -0.160. The van der Waals surface area contributed by atoms with Gasteiger partial charge in [-0.05, 0) is 33.3 Å². The standard InChI is InChI=1S/C18H25NO6/c1-12(24-13(2)20)18(15(21)22,11-14-9-7-6-8-10-14)19-16(23)25-17(3,4)5/h6-10,12H,11H2,1-5H3,(H,19,23)(H,21,22). The van der Waals surface area contributed by atoms with Crippen molar-refractivity contribution in [1.82, 2.24) is 5.32 Å². The number of aliphatic carboxylic acids is 1. The fourth-order valence-electron chi connectivity index (χ4n) is 2.35. The summed E-state index contributed by atoms with van der Waals surface area (Å²) in [5.41, 5.74) is -2.00. The van der Waals surface area contributed by atoms with E-state index in [4.69, 9.17) is 9.47 Å². The number of carboxylic acids is 1. The van der Waals surface area contributed by atoms with Crippen LogP contribution >= 0.6 is 0 Å². The smallest absolute Gasteiger partial charge is 0.408 e. The zero-order valence-corrected chi connectivity index (χ0v) is 15.2. The highest BCUT2D eigenvalue weighted by Crippen LogP contribution is 2.22. The normalized spacial score (nSPS) is 14.8. The molecule has 1 aromatic carbocycles. The molecule has 0 spiro atoms. The molecular weight excluding hydrogens is 326 g/mol. The summed E-state index contributed by atoms with van der Waals surface area (Å²) in [4.78, 5) is 35.6. The second-order valence-corrected chi connectivity index (χ2v) is 6.82. The Hall–Kier alpha value is -2.57. The van der Waals surface area contributed by atoms with E-state index >= 15 is 0 Å². The second kappa shape index (κ2) is 8.00. The third-order valence-corrected chi connectivity index (χ3v) is 3.47. The van der Waals surface area contributed by atoms with Gasteiger partial charge in [-0.15, -0.1) is 0 Å². The first-order valence-electron chi connectivity index (χ1n) is 7.92. The van der Waals surface area contributed by atoms with Gasteiger partial charge in [0.2, 0.25) is 0 Å². The Labute approximate surface area is 147 Å². The lowest BCUT2D eigenvalue weighted by Crippen LogP contribution is -2.64. The number of rotatable bonds is 6. The number of ether oxygens (including phenoxy) is 2. The Bertz CT molecular complexity index is 622. The molecule has 0 saturated heterocycles. The maximum atomic E-state index is 12.2. The van der Waals surface area contributed by atoms with Crippen molar-refractivity contribution in [2.45, 2.75) is 58.3 Å². The van der Waals surface area contributed by atoms with Gasteiger partial charge in [-0.2, -0.15) is 0 Å². The van der Waals surface area contributed by atoms with Crippen molar-refractivity contribution in [2.75, 3.05) is 0 Å². The number of amides is 1. The first-order valence-corrected chi connectivity index (χ1v) is 7.92. The van der Waals surface area contributed by atoms with E-state index in [1.807, 2.05) is 0 Å². The molecule has 0 saturated carbocycles. The number of hydrogen-bond donors (Lipinski definition) is 2. The monoisotopic (exact) mass is 351 g/mol. The fraction of sp³-hybridized carbons (Fsp3) is 0.500. The quantitative estimate of drug-likeness (QED) is 0.764. The minimum absolute atomic E-state index is 0.0726. The number of nitrogens with one attached hydrogen (secondary N) is 1. The molecule has 2 unspecified atom stereocenters. The van der Waals surface area contributed by atoms with Crippen molar-refractivity contribution in [2.24, 2.45) is 0 Å². The van der Waals surface area contributed by atoms with Crippen LogP contribution in [0.1, 0.15) is 40.2 Å². The van der Waals surface area contributed by atoms with Crippen LogP contribution in [0.4, 0.5) is 4.79 Å². The molecule has 7 heteroatoms. The molecule has 0 fully saturated rings. The van der Waals surface area contributed by atoms with Gasteiger partial charge in [0.25, 0.3) is 0 Å². The van der Waals surface area contributed by atoms with E-state index in [-0.39, 0.29) is 6.42 Å². The van der Waals surface area contributed by atoms with Gasteiger partial charge in [0, 0.05) is 13.3 Å². The molecule has 1 amide bonds. The number of alkyl carbamates (subject to hydrolysis) is 1. The molecular formula is C18H25NO6. The number of benzene rings is 1. The number of hydrogen-bond acceptors (Lipinski definition) is 5. The molecule has 0 bridgehead atoms. The van der Waals surface area contributed by atoms with E-state index in [9.17, 15) is 19.5 Å². The van der Waals surface area contributed by atoms with E-state index < -0.39 is 35.3 Å². The van der Waals surface area contributed by atoms with E-state index in [1.54, 1.807) is 51.1 Å². The average molecular weight is 351 g/mol. The molecule has 138 valence electrons. The SMILES string of the molecule is CC(=O)OC(C)C(Cc1ccccc1)(NC(=O)OC(C)(C)C)C(=O)O. The first-order chi connectivity index (χ1) is 11.5. The van der Waals surface area contributed by atoms with Crippen molar-refractivity contribution in [3.05, 3.63) is 35.9 Å². The summed E-state index contributed by atoms with van der Waals surface area (Å²) in [6, 6.07) is 8.77. The predicted molar refractivity (Wildman–Crippen MR) is 91.1 cm³/mol. The predicted octanol–water partition coefficient (Wildman–Crippen LogP) is 2.53. The van der Waals surface area contributed by atoms with Gasteiger partial charge in [-0.1, -0.05) is 30.3 Å². The molecule has 2 N–H and O–H groups in total. The fourth-order valence-corrected chi connectivity index (χ4v) is 2.35. The minimum Gasteiger partial charge on any atom is -0.479 e. The van der Waals surface area contributed by atoms with E-state index in [2.05, 4.69) is 5.32 Å². The largest absolute Gasteiger partial charge is 0.479 e. The number of esters is 1. The van der Waals surface area contributed by atoms with Gasteiger partial charge in [-0.3, -0.25) is 4.79 Å². The van der Waals surface area contributed by atoms with Gasteiger partial charge in [0.05, 0.1) is 0 Å². The summed E-state index contributed by atoms with van der Waals surface area (Å²) in [5.74, 6) is -1.96. The molecule has 7 nitrogen and oxygen atoms in total. The zero-order chi connectivity index (χ0) is 19.3. The van der Waals surface area contributed by atoms with Crippen LogP contribution in [0.2, 0.25) is 0 Å². The molecule has 0 aliphatic carbocycles. The molecule has 0 aliphatic rings. The van der Waals surface area contributed by atoms with Crippen LogP contribution in [-0.2, 0) is 25.5 Å². The van der Waals surface area contributed by atoms with Crippen LogP contribution in [0, 0.1) is 0 Å². The van der Waals surface area contributed by atoms with Crippen LogP contribution < -0.4 is 5.32 Å². The summed E-state index contributed by atoms with van der Waals surface area (Å²) < 4.78 is 10.3. The molecule has 2 atom stereocenters. The summed E-state index contributed by atoms with van der Waals surface area (Å²) in [5, 5.41) is 12.3. The van der Waals surface area contributed by atoms with Gasteiger partial charge in [0.1, 0.15) is 11.7 Å². The lowest BCUT2D eigenvalue weighted by Gasteiger charge is -2.36. The van der Waals surface area contributed by atoms with Crippen LogP contribution in [0.3, 0.4) is 0 Å². The first kappa shape index (κ1) is 20.5. The van der Waals surface area contributed by atoms with Crippen LogP contribution in [0.15, 0.2) is 30.3 Å². The average Bonchev–Trinajstić information content (AvgIpc) is 2.44. The molecule has 25 heavy (non-hydrogen) atoms. The Morgan fingerprint density at radius 2 is 1.72 bits per heavy atom. The van der Waals surface area contributed by atoms with Crippen molar-refractivity contribution in [3.63, 3.8) is 0 Å². The van der Waals surface area contributed by atoms with Gasteiger partial charge < -0.3 is 19.9 Å². The maximum absolute atomic E-state index is 12.2. The molecule has 0 heterocycles. The highest BCUT2D eigenvalue weighted by atomic mass is 16.6. The molecule has 0 aromatic heterocycles. The summed E-state index contributed by atoms with van der Waals surface area (Å²) in [6.45, 7) is 7.61. The Morgan fingerprint density at radius 3 is 2.16 bits per heavy atom. The summed E-state index contributed by atoms with van der Waals surface area (Å²) >= 11 is 0. The number of carbonyl (C=O) groups is 3. The molecule has 0 radical (unpaired) electrons.